The van der Waals surface area contributed by atoms with Crippen LogP contribution in [0.1, 0.15) is 11.1 Å². The first kappa shape index (κ1) is 15.1. The summed E-state index contributed by atoms with van der Waals surface area (Å²) in [7, 11) is 3.69. The molecular weight excluding hydrogens is 276 g/mol. The van der Waals surface area contributed by atoms with Gasteiger partial charge < -0.3 is 14.5 Å². The summed E-state index contributed by atoms with van der Waals surface area (Å²) in [6.07, 6.45) is 0.340. The summed E-state index contributed by atoms with van der Waals surface area (Å²) < 4.78 is 5.35. The third-order valence-electron chi connectivity index (χ3n) is 3.76. The highest BCUT2D eigenvalue weighted by Gasteiger charge is 2.20. The van der Waals surface area contributed by atoms with Crippen molar-refractivity contribution in [1.29, 1.82) is 0 Å². The van der Waals surface area contributed by atoms with E-state index in [2.05, 4.69) is 11.9 Å². The van der Waals surface area contributed by atoms with Crippen LogP contribution >= 0.6 is 11.6 Å². The maximum Gasteiger partial charge on any atom is 0.227 e. The van der Waals surface area contributed by atoms with Crippen molar-refractivity contribution in [3.63, 3.8) is 0 Å². The Morgan fingerprint density at radius 1 is 1.30 bits per heavy atom. The van der Waals surface area contributed by atoms with Gasteiger partial charge in [0.2, 0.25) is 5.91 Å². The smallest absolute Gasteiger partial charge is 0.227 e. The molecule has 0 aliphatic carbocycles. The molecule has 0 saturated carbocycles. The lowest BCUT2D eigenvalue weighted by Crippen LogP contribution is -2.47. The number of aryl methyl sites for hydroxylation is 1. The minimum Gasteiger partial charge on any atom is -0.496 e. The molecular formula is C15H21ClN2O2. The lowest BCUT2D eigenvalue weighted by molar-refractivity contribution is -0.132. The Morgan fingerprint density at radius 2 is 1.95 bits per heavy atom. The molecule has 0 bridgehead atoms. The zero-order valence-corrected chi connectivity index (χ0v) is 13.0. The standard InChI is InChI=1S/C15H21ClN2O2/c1-11-8-14(20-3)12(9-13(11)16)10-15(19)18-6-4-17(2)5-7-18/h8-9H,4-7,10H2,1-3H3. The van der Waals surface area contributed by atoms with Crippen LogP contribution in [0.25, 0.3) is 0 Å². The predicted octanol–water partition coefficient (Wildman–Crippen LogP) is 1.97. The largest absolute Gasteiger partial charge is 0.496 e. The number of halogens is 1. The van der Waals surface area contributed by atoms with Gasteiger partial charge in [0.1, 0.15) is 5.75 Å². The van der Waals surface area contributed by atoms with Crippen LogP contribution in [0.4, 0.5) is 0 Å². The van der Waals surface area contributed by atoms with Gasteiger partial charge >= 0.3 is 0 Å². The van der Waals surface area contributed by atoms with Crippen LogP contribution in [0.2, 0.25) is 5.02 Å². The number of hydrogen-bond acceptors (Lipinski definition) is 3. The number of likely N-dealkylation sites (N-methyl/N-ethyl adjacent to an activating group) is 1. The van der Waals surface area contributed by atoms with Gasteiger partial charge in [0, 0.05) is 36.8 Å². The van der Waals surface area contributed by atoms with Crippen LogP contribution < -0.4 is 4.74 Å². The summed E-state index contributed by atoms with van der Waals surface area (Å²) >= 11 is 6.14. The quantitative estimate of drug-likeness (QED) is 0.855. The van der Waals surface area contributed by atoms with E-state index in [9.17, 15) is 4.79 Å². The number of methoxy groups -OCH3 is 1. The Kier molecular flexibility index (Phi) is 4.89. The number of amides is 1. The molecule has 1 heterocycles. The molecule has 20 heavy (non-hydrogen) atoms. The fourth-order valence-corrected chi connectivity index (χ4v) is 2.54. The summed E-state index contributed by atoms with van der Waals surface area (Å²) in [4.78, 5) is 16.5. The average Bonchev–Trinajstić information content (AvgIpc) is 2.43. The van der Waals surface area contributed by atoms with Gasteiger partial charge in [-0.3, -0.25) is 4.79 Å². The van der Waals surface area contributed by atoms with Crippen molar-refractivity contribution >= 4 is 17.5 Å². The van der Waals surface area contributed by atoms with Crippen LogP contribution in [0.3, 0.4) is 0 Å². The van der Waals surface area contributed by atoms with E-state index in [-0.39, 0.29) is 5.91 Å². The highest BCUT2D eigenvalue weighted by molar-refractivity contribution is 6.31. The maximum atomic E-state index is 12.3. The second-order valence-electron chi connectivity index (χ2n) is 5.27. The third kappa shape index (κ3) is 3.44. The van der Waals surface area contributed by atoms with Gasteiger partial charge in [-0.25, -0.2) is 0 Å². The fourth-order valence-electron chi connectivity index (χ4n) is 2.35. The van der Waals surface area contributed by atoms with Gasteiger partial charge in [0.15, 0.2) is 0 Å². The molecule has 1 aliphatic rings. The van der Waals surface area contributed by atoms with E-state index < -0.39 is 0 Å². The van der Waals surface area contributed by atoms with Gasteiger partial charge in [0.05, 0.1) is 13.5 Å². The Morgan fingerprint density at radius 3 is 2.55 bits per heavy atom. The second kappa shape index (κ2) is 6.46. The van der Waals surface area contributed by atoms with Crippen LogP contribution in [0, 0.1) is 6.92 Å². The summed E-state index contributed by atoms with van der Waals surface area (Å²) in [5, 5.41) is 0.673. The molecule has 0 spiro atoms. The van der Waals surface area contributed by atoms with E-state index >= 15 is 0 Å². The van der Waals surface area contributed by atoms with Crippen LogP contribution in [0.5, 0.6) is 5.75 Å². The van der Waals surface area contributed by atoms with E-state index in [1.165, 1.54) is 0 Å². The number of carbonyl (C=O) groups excluding carboxylic acids is 1. The highest BCUT2D eigenvalue weighted by Crippen LogP contribution is 2.27. The van der Waals surface area contributed by atoms with Crippen LogP contribution in [0.15, 0.2) is 12.1 Å². The lowest BCUT2D eigenvalue weighted by atomic mass is 10.1. The van der Waals surface area contributed by atoms with Gasteiger partial charge in [0.25, 0.3) is 0 Å². The Balaban J connectivity index is 2.09. The highest BCUT2D eigenvalue weighted by atomic mass is 35.5. The van der Waals surface area contributed by atoms with E-state index in [0.717, 1.165) is 43.1 Å². The topological polar surface area (TPSA) is 32.8 Å². The molecule has 1 saturated heterocycles. The number of nitrogens with zero attached hydrogens (tertiary/aromatic N) is 2. The van der Waals surface area contributed by atoms with Crippen molar-refractivity contribution in [3.05, 3.63) is 28.3 Å². The van der Waals surface area contributed by atoms with Crippen LogP contribution in [-0.2, 0) is 11.2 Å². The number of hydrogen-bond donors (Lipinski definition) is 0. The Bertz CT molecular complexity index is 497. The Labute approximate surface area is 125 Å². The first-order valence-electron chi connectivity index (χ1n) is 6.80. The van der Waals surface area contributed by atoms with E-state index in [4.69, 9.17) is 16.3 Å². The molecule has 4 nitrogen and oxygen atoms in total. The van der Waals surface area contributed by atoms with Crippen LogP contribution in [-0.4, -0.2) is 56.0 Å². The minimum atomic E-state index is 0.135. The van der Waals surface area contributed by atoms with Gasteiger partial charge in [-0.05, 0) is 31.7 Å². The molecule has 110 valence electrons. The van der Waals surface area contributed by atoms with E-state index in [0.29, 0.717) is 11.4 Å². The molecule has 1 aliphatic heterocycles. The van der Waals surface area contributed by atoms with Gasteiger partial charge in [-0.2, -0.15) is 0 Å². The monoisotopic (exact) mass is 296 g/mol. The van der Waals surface area contributed by atoms with Crippen molar-refractivity contribution in [3.8, 4) is 5.75 Å². The molecule has 1 fully saturated rings. The molecule has 2 rings (SSSR count). The van der Waals surface area contributed by atoms with E-state index in [1.54, 1.807) is 7.11 Å². The zero-order chi connectivity index (χ0) is 14.7. The molecule has 0 unspecified atom stereocenters. The maximum absolute atomic E-state index is 12.3. The third-order valence-corrected chi connectivity index (χ3v) is 4.17. The first-order chi connectivity index (χ1) is 9.51. The lowest BCUT2D eigenvalue weighted by Gasteiger charge is -2.32. The number of piperazine rings is 1. The summed E-state index contributed by atoms with van der Waals surface area (Å²) in [5.41, 5.74) is 1.81. The predicted molar refractivity (Wildman–Crippen MR) is 80.5 cm³/mol. The van der Waals surface area contributed by atoms with Gasteiger partial charge in [-0.15, -0.1) is 0 Å². The summed E-state index contributed by atoms with van der Waals surface area (Å²) in [5.74, 6) is 0.866. The molecule has 0 aromatic heterocycles. The number of benzene rings is 1. The number of ether oxygens (including phenoxy) is 1. The average molecular weight is 297 g/mol. The SMILES string of the molecule is COc1cc(C)c(Cl)cc1CC(=O)N1CCN(C)CC1. The molecule has 0 N–H and O–H groups in total. The number of carbonyl (C=O) groups is 1. The molecule has 5 heteroatoms. The Hall–Kier alpha value is -1.26. The second-order valence-corrected chi connectivity index (χ2v) is 5.68. The van der Waals surface area contributed by atoms with Crippen molar-refractivity contribution in [2.45, 2.75) is 13.3 Å². The van der Waals surface area contributed by atoms with Crippen molar-refractivity contribution in [1.82, 2.24) is 9.80 Å². The molecule has 1 aromatic rings. The summed E-state index contributed by atoms with van der Waals surface area (Å²) in [6, 6.07) is 3.72. The molecule has 0 radical (unpaired) electrons. The van der Waals surface area contributed by atoms with Crippen molar-refractivity contribution in [2.24, 2.45) is 0 Å². The minimum absolute atomic E-state index is 0.135. The molecule has 1 aromatic carbocycles. The number of rotatable bonds is 3. The fraction of sp³-hybridized carbons (Fsp3) is 0.533. The normalized spacial score (nSPS) is 16.3. The van der Waals surface area contributed by atoms with Crippen molar-refractivity contribution < 1.29 is 9.53 Å². The first-order valence-corrected chi connectivity index (χ1v) is 7.18. The summed E-state index contributed by atoms with van der Waals surface area (Å²) in [6.45, 7) is 5.36. The molecule has 1 amide bonds. The molecule has 0 atom stereocenters. The van der Waals surface area contributed by atoms with Gasteiger partial charge in [-0.1, -0.05) is 11.6 Å². The zero-order valence-electron chi connectivity index (χ0n) is 12.3. The van der Waals surface area contributed by atoms with E-state index in [1.807, 2.05) is 24.0 Å². The van der Waals surface area contributed by atoms with Crippen molar-refractivity contribution in [2.75, 3.05) is 40.3 Å².